The van der Waals surface area contributed by atoms with E-state index >= 15 is 0 Å². The highest BCUT2D eigenvalue weighted by atomic mass is 16.4. The van der Waals surface area contributed by atoms with Crippen molar-refractivity contribution in [1.82, 2.24) is 10.2 Å². The molecule has 1 aliphatic heterocycles. The third-order valence-electron chi connectivity index (χ3n) is 5.53. The Morgan fingerprint density at radius 3 is 2.26 bits per heavy atom. The number of carboxylic acid groups (broad SMARTS) is 1. The van der Waals surface area contributed by atoms with Gasteiger partial charge in [-0.05, 0) is 51.7 Å². The summed E-state index contributed by atoms with van der Waals surface area (Å²) in [6.45, 7) is 8.36. The smallest absolute Gasteiger partial charge is 0.329 e. The monoisotopic (exact) mass is 374 g/mol. The van der Waals surface area contributed by atoms with Crippen molar-refractivity contribution in [2.75, 3.05) is 13.1 Å². The molecule has 1 aromatic rings. The number of aliphatic carboxylic acids is 1. The predicted molar refractivity (Wildman–Crippen MR) is 104 cm³/mol. The highest BCUT2D eigenvalue weighted by Gasteiger charge is 2.39. The van der Waals surface area contributed by atoms with Crippen LogP contribution in [0.25, 0.3) is 0 Å². The van der Waals surface area contributed by atoms with Gasteiger partial charge in [0.2, 0.25) is 5.91 Å². The second-order valence-corrected chi connectivity index (χ2v) is 7.55. The normalized spacial score (nSPS) is 17.5. The van der Waals surface area contributed by atoms with Gasteiger partial charge >= 0.3 is 5.97 Å². The van der Waals surface area contributed by atoms with Gasteiger partial charge in [0, 0.05) is 18.7 Å². The van der Waals surface area contributed by atoms with Gasteiger partial charge in [0.25, 0.3) is 5.91 Å². The van der Waals surface area contributed by atoms with Crippen molar-refractivity contribution in [3.8, 4) is 0 Å². The molecule has 1 aliphatic rings. The van der Waals surface area contributed by atoms with Crippen LogP contribution in [0.4, 0.5) is 0 Å². The van der Waals surface area contributed by atoms with E-state index < -0.39 is 11.5 Å². The highest BCUT2D eigenvalue weighted by Crippen LogP contribution is 2.22. The van der Waals surface area contributed by atoms with Gasteiger partial charge in [-0.25, -0.2) is 4.79 Å². The molecule has 6 heteroatoms. The van der Waals surface area contributed by atoms with Crippen LogP contribution in [0, 0.1) is 19.8 Å². The zero-order valence-corrected chi connectivity index (χ0v) is 16.7. The van der Waals surface area contributed by atoms with Crippen molar-refractivity contribution in [2.24, 2.45) is 5.92 Å². The summed E-state index contributed by atoms with van der Waals surface area (Å²) in [5, 5.41) is 12.3. The number of hydrogen-bond donors (Lipinski definition) is 2. The van der Waals surface area contributed by atoms with Gasteiger partial charge in [0.05, 0.1) is 5.92 Å². The Morgan fingerprint density at radius 2 is 1.74 bits per heavy atom. The van der Waals surface area contributed by atoms with Crippen molar-refractivity contribution in [3.05, 3.63) is 34.9 Å². The third-order valence-corrected chi connectivity index (χ3v) is 5.53. The van der Waals surface area contributed by atoms with Gasteiger partial charge in [0.15, 0.2) is 0 Å². The minimum absolute atomic E-state index is 0.0743. The Kier molecular flexibility index (Phi) is 6.63. The lowest BCUT2D eigenvalue weighted by molar-refractivity contribution is -0.149. The first-order valence-electron chi connectivity index (χ1n) is 9.65. The van der Waals surface area contributed by atoms with Gasteiger partial charge in [-0.3, -0.25) is 9.59 Å². The van der Waals surface area contributed by atoms with E-state index in [0.29, 0.717) is 37.9 Å². The Bertz CT molecular complexity index is 705. The fraction of sp³-hybridized carbons (Fsp3) is 0.571. The van der Waals surface area contributed by atoms with E-state index in [1.165, 1.54) is 0 Å². The number of carboxylic acids is 1. The molecule has 1 atom stereocenters. The average molecular weight is 374 g/mol. The summed E-state index contributed by atoms with van der Waals surface area (Å²) >= 11 is 0. The van der Waals surface area contributed by atoms with E-state index in [1.54, 1.807) is 18.7 Å². The Hall–Kier alpha value is -2.37. The Morgan fingerprint density at radius 1 is 1.15 bits per heavy atom. The van der Waals surface area contributed by atoms with Crippen molar-refractivity contribution >= 4 is 17.8 Å². The van der Waals surface area contributed by atoms with Crippen molar-refractivity contribution in [3.63, 3.8) is 0 Å². The fourth-order valence-corrected chi connectivity index (χ4v) is 3.78. The number of hydrogen-bond acceptors (Lipinski definition) is 3. The molecule has 0 saturated carbocycles. The molecule has 1 aromatic carbocycles. The van der Waals surface area contributed by atoms with Crippen molar-refractivity contribution < 1.29 is 19.5 Å². The molecule has 0 aromatic heterocycles. The standard InChI is InChI=1S/C21H30N2O4/c1-5-21(6-2,20(26)27)22-18(24)16-8-7-9-23(13-16)19(25)17-11-14(3)10-15(4)12-17/h10-12,16H,5-9,13H2,1-4H3,(H,22,24)(H,26,27). The van der Waals surface area contributed by atoms with Gasteiger partial charge in [-0.15, -0.1) is 0 Å². The summed E-state index contributed by atoms with van der Waals surface area (Å²) in [7, 11) is 0. The molecule has 0 radical (unpaired) electrons. The number of carbonyl (C=O) groups is 3. The molecule has 1 unspecified atom stereocenters. The molecular weight excluding hydrogens is 344 g/mol. The molecule has 27 heavy (non-hydrogen) atoms. The molecule has 6 nitrogen and oxygen atoms in total. The second kappa shape index (κ2) is 8.55. The van der Waals surface area contributed by atoms with Crippen LogP contribution in [0.2, 0.25) is 0 Å². The molecule has 1 fully saturated rings. The molecule has 2 rings (SSSR count). The summed E-state index contributed by atoms with van der Waals surface area (Å²) in [6, 6.07) is 5.75. The summed E-state index contributed by atoms with van der Waals surface area (Å²) < 4.78 is 0. The molecule has 2 amide bonds. The summed E-state index contributed by atoms with van der Waals surface area (Å²) in [6.07, 6.45) is 2.03. The molecule has 148 valence electrons. The first-order chi connectivity index (χ1) is 12.7. The number of rotatable bonds is 6. The van der Waals surface area contributed by atoms with Crippen LogP contribution < -0.4 is 5.32 Å². The van der Waals surface area contributed by atoms with Crippen LogP contribution >= 0.6 is 0 Å². The number of nitrogens with zero attached hydrogens (tertiary/aromatic N) is 1. The molecule has 2 N–H and O–H groups in total. The Balaban J connectivity index is 2.11. The van der Waals surface area contributed by atoms with E-state index in [9.17, 15) is 19.5 Å². The van der Waals surface area contributed by atoms with Gasteiger partial charge in [0.1, 0.15) is 5.54 Å². The SMILES string of the molecule is CCC(CC)(NC(=O)C1CCCN(C(=O)c2cc(C)cc(C)c2)C1)C(=O)O. The van der Waals surface area contributed by atoms with Crippen LogP contribution in [-0.2, 0) is 9.59 Å². The molecule has 0 spiro atoms. The molecule has 0 aliphatic carbocycles. The van der Waals surface area contributed by atoms with Gasteiger partial charge < -0.3 is 15.3 Å². The molecule has 1 heterocycles. The largest absolute Gasteiger partial charge is 0.480 e. The number of aryl methyl sites for hydroxylation is 2. The lowest BCUT2D eigenvalue weighted by Crippen LogP contribution is -2.57. The summed E-state index contributed by atoms with van der Waals surface area (Å²) in [5.74, 6) is -1.75. The maximum atomic E-state index is 12.9. The van der Waals surface area contributed by atoms with E-state index in [-0.39, 0.29) is 17.7 Å². The maximum Gasteiger partial charge on any atom is 0.329 e. The van der Waals surface area contributed by atoms with Gasteiger partial charge in [-0.2, -0.15) is 0 Å². The fourth-order valence-electron chi connectivity index (χ4n) is 3.78. The number of benzene rings is 1. The first kappa shape index (κ1) is 20.9. The van der Waals surface area contributed by atoms with E-state index in [2.05, 4.69) is 5.32 Å². The Labute approximate surface area is 160 Å². The minimum Gasteiger partial charge on any atom is -0.480 e. The van der Waals surface area contributed by atoms with E-state index in [0.717, 1.165) is 17.5 Å². The maximum absolute atomic E-state index is 12.9. The average Bonchev–Trinajstić information content (AvgIpc) is 2.64. The number of piperidine rings is 1. The van der Waals surface area contributed by atoms with Gasteiger partial charge in [-0.1, -0.05) is 31.0 Å². The number of likely N-dealkylation sites (tertiary alicyclic amines) is 1. The quantitative estimate of drug-likeness (QED) is 0.801. The number of nitrogens with one attached hydrogen (secondary N) is 1. The molecular formula is C21H30N2O4. The zero-order valence-electron chi connectivity index (χ0n) is 16.7. The van der Waals surface area contributed by atoms with E-state index in [4.69, 9.17) is 0 Å². The molecule has 0 bridgehead atoms. The highest BCUT2D eigenvalue weighted by molar-refractivity contribution is 5.95. The zero-order chi connectivity index (χ0) is 20.2. The minimum atomic E-state index is -1.24. The van der Waals surface area contributed by atoms with Crippen molar-refractivity contribution in [1.29, 1.82) is 0 Å². The lowest BCUT2D eigenvalue weighted by Gasteiger charge is -2.35. The number of amides is 2. The third kappa shape index (κ3) is 4.67. The predicted octanol–water partition coefficient (Wildman–Crippen LogP) is 2.92. The topological polar surface area (TPSA) is 86.7 Å². The molecule has 1 saturated heterocycles. The van der Waals surface area contributed by atoms with Crippen LogP contribution in [0.5, 0.6) is 0 Å². The van der Waals surface area contributed by atoms with Crippen LogP contribution in [0.1, 0.15) is 61.0 Å². The summed E-state index contributed by atoms with van der Waals surface area (Å²) in [4.78, 5) is 39.0. The first-order valence-corrected chi connectivity index (χ1v) is 9.65. The van der Waals surface area contributed by atoms with E-state index in [1.807, 2.05) is 32.0 Å². The van der Waals surface area contributed by atoms with Crippen molar-refractivity contribution in [2.45, 2.75) is 58.9 Å². The van der Waals surface area contributed by atoms with Crippen LogP contribution in [-0.4, -0.2) is 46.4 Å². The number of carbonyl (C=O) groups excluding carboxylic acids is 2. The lowest BCUT2D eigenvalue weighted by atomic mass is 9.90. The summed E-state index contributed by atoms with van der Waals surface area (Å²) in [5.41, 5.74) is 1.45. The van der Waals surface area contributed by atoms with Crippen LogP contribution in [0.15, 0.2) is 18.2 Å². The van der Waals surface area contributed by atoms with Crippen LogP contribution in [0.3, 0.4) is 0 Å². The second-order valence-electron chi connectivity index (χ2n) is 7.55.